The van der Waals surface area contributed by atoms with E-state index in [2.05, 4.69) is 32.4 Å². The third-order valence-electron chi connectivity index (χ3n) is 5.70. The molecule has 0 bridgehead atoms. The Morgan fingerprint density at radius 2 is 2.04 bits per heavy atom. The number of aromatic amines is 1. The molecule has 3 aromatic rings. The maximum Gasteiger partial charge on any atom is 0.245 e. The molecule has 2 aliphatic rings. The van der Waals surface area contributed by atoms with E-state index in [0.717, 1.165) is 43.0 Å². The van der Waals surface area contributed by atoms with Gasteiger partial charge in [-0.1, -0.05) is 6.92 Å². The summed E-state index contributed by atoms with van der Waals surface area (Å²) in [5.41, 5.74) is 1.76. The number of H-pyrrole nitrogens is 1. The number of amides is 1. The predicted molar refractivity (Wildman–Crippen MR) is 106 cm³/mol. The highest BCUT2D eigenvalue weighted by atomic mass is 16.2. The SMILES string of the molecule is Cc1cc(Nc2nc(N3CCN(C(=O)C4(C)CC4)CC3)nn3cccc23)n[nH]1. The molecule has 1 aliphatic heterocycles. The number of nitrogens with zero attached hydrogens (tertiary/aromatic N) is 6. The van der Waals surface area contributed by atoms with Gasteiger partial charge in [-0.3, -0.25) is 9.89 Å². The molecule has 0 spiro atoms. The predicted octanol–water partition coefficient (Wildman–Crippen LogP) is 1.95. The largest absolute Gasteiger partial charge is 0.339 e. The van der Waals surface area contributed by atoms with Gasteiger partial charge in [0, 0.05) is 49.6 Å². The van der Waals surface area contributed by atoms with Gasteiger partial charge in [-0.05, 0) is 31.9 Å². The summed E-state index contributed by atoms with van der Waals surface area (Å²) in [5, 5.41) is 15.1. The molecule has 1 aliphatic carbocycles. The quantitative estimate of drug-likeness (QED) is 0.718. The van der Waals surface area contributed by atoms with Crippen molar-refractivity contribution in [1.82, 2.24) is 29.7 Å². The van der Waals surface area contributed by atoms with Crippen molar-refractivity contribution in [3.63, 3.8) is 0 Å². The first-order valence-corrected chi connectivity index (χ1v) is 9.71. The van der Waals surface area contributed by atoms with E-state index in [9.17, 15) is 4.79 Å². The fourth-order valence-electron chi connectivity index (χ4n) is 3.64. The second-order valence-corrected chi connectivity index (χ2v) is 8.00. The van der Waals surface area contributed by atoms with Crippen molar-refractivity contribution in [2.45, 2.75) is 26.7 Å². The Balaban J connectivity index is 1.37. The number of hydrogen-bond donors (Lipinski definition) is 2. The van der Waals surface area contributed by atoms with Crippen LogP contribution in [0.5, 0.6) is 0 Å². The second-order valence-electron chi connectivity index (χ2n) is 8.00. The lowest BCUT2D eigenvalue weighted by molar-refractivity contribution is -0.136. The summed E-state index contributed by atoms with van der Waals surface area (Å²) in [6.45, 7) is 6.91. The number of carbonyl (C=O) groups excluding carboxylic acids is 1. The zero-order valence-electron chi connectivity index (χ0n) is 16.1. The van der Waals surface area contributed by atoms with Crippen LogP contribution in [0.3, 0.4) is 0 Å². The van der Waals surface area contributed by atoms with Crippen LogP contribution in [0, 0.1) is 12.3 Å². The Bertz CT molecular complexity index is 1030. The molecule has 1 amide bonds. The number of piperazine rings is 1. The number of fused-ring (bicyclic) bond motifs is 1. The monoisotopic (exact) mass is 380 g/mol. The number of aryl methyl sites for hydroxylation is 1. The van der Waals surface area contributed by atoms with E-state index in [4.69, 9.17) is 4.98 Å². The maximum atomic E-state index is 12.6. The fraction of sp³-hybridized carbons (Fsp3) is 0.474. The van der Waals surface area contributed by atoms with Crippen molar-refractivity contribution in [2.24, 2.45) is 5.41 Å². The highest BCUT2D eigenvalue weighted by Gasteiger charge is 2.47. The molecular weight excluding hydrogens is 356 g/mol. The fourth-order valence-corrected chi connectivity index (χ4v) is 3.64. The van der Waals surface area contributed by atoms with Gasteiger partial charge in [0.15, 0.2) is 11.6 Å². The van der Waals surface area contributed by atoms with Crippen LogP contribution >= 0.6 is 0 Å². The molecule has 5 rings (SSSR count). The Hall–Kier alpha value is -3.10. The lowest BCUT2D eigenvalue weighted by atomic mass is 10.1. The van der Waals surface area contributed by atoms with E-state index in [-0.39, 0.29) is 5.41 Å². The number of hydrogen-bond acceptors (Lipinski definition) is 6. The molecule has 28 heavy (non-hydrogen) atoms. The summed E-state index contributed by atoms with van der Waals surface area (Å²) in [6.07, 6.45) is 3.94. The van der Waals surface area contributed by atoms with E-state index in [1.54, 1.807) is 0 Å². The summed E-state index contributed by atoms with van der Waals surface area (Å²) < 4.78 is 1.83. The Labute approximate surface area is 162 Å². The number of carbonyl (C=O) groups is 1. The molecule has 0 aromatic carbocycles. The summed E-state index contributed by atoms with van der Waals surface area (Å²) in [6, 6.07) is 5.85. The summed E-state index contributed by atoms with van der Waals surface area (Å²) in [4.78, 5) is 21.5. The van der Waals surface area contributed by atoms with Crippen LogP contribution in [0.15, 0.2) is 24.4 Å². The van der Waals surface area contributed by atoms with Crippen LogP contribution in [0.1, 0.15) is 25.5 Å². The van der Waals surface area contributed by atoms with Crippen LogP contribution in [0.25, 0.3) is 5.52 Å². The molecule has 9 nitrogen and oxygen atoms in total. The molecule has 0 radical (unpaired) electrons. The van der Waals surface area contributed by atoms with Gasteiger partial charge in [-0.2, -0.15) is 10.1 Å². The smallest absolute Gasteiger partial charge is 0.245 e. The van der Waals surface area contributed by atoms with Crippen LogP contribution < -0.4 is 10.2 Å². The molecule has 1 saturated heterocycles. The van der Waals surface area contributed by atoms with E-state index in [1.807, 2.05) is 40.7 Å². The molecule has 3 aromatic heterocycles. The summed E-state index contributed by atoms with van der Waals surface area (Å²) in [7, 11) is 0. The summed E-state index contributed by atoms with van der Waals surface area (Å²) >= 11 is 0. The molecule has 2 fully saturated rings. The first-order chi connectivity index (χ1) is 13.5. The van der Waals surface area contributed by atoms with Crippen LogP contribution in [-0.4, -0.2) is 61.8 Å². The minimum absolute atomic E-state index is 0.110. The molecular formula is C19H24N8O. The van der Waals surface area contributed by atoms with Gasteiger partial charge in [0.25, 0.3) is 0 Å². The van der Waals surface area contributed by atoms with Gasteiger partial charge in [-0.15, -0.1) is 5.10 Å². The standard InChI is InChI=1S/C19H24N8O/c1-13-12-15(23-22-13)20-16-14-4-3-7-27(14)24-18(21-16)26-10-8-25(9-11-26)17(28)19(2)5-6-19/h3-4,7,12H,5-6,8-11H2,1-2H3,(H2,20,21,22,23,24). The van der Waals surface area contributed by atoms with Crippen molar-refractivity contribution in [3.05, 3.63) is 30.1 Å². The third kappa shape index (κ3) is 2.96. The molecule has 9 heteroatoms. The first-order valence-electron chi connectivity index (χ1n) is 9.71. The average Bonchev–Trinajstić information content (AvgIpc) is 3.09. The Morgan fingerprint density at radius 3 is 2.71 bits per heavy atom. The normalized spacial score (nSPS) is 18.5. The van der Waals surface area contributed by atoms with Crippen molar-refractivity contribution < 1.29 is 4.79 Å². The molecule has 0 unspecified atom stereocenters. The number of nitrogens with one attached hydrogen (secondary N) is 2. The topological polar surface area (TPSA) is 94.5 Å². The van der Waals surface area contributed by atoms with Crippen molar-refractivity contribution in [3.8, 4) is 0 Å². The second kappa shape index (κ2) is 6.22. The van der Waals surface area contributed by atoms with Gasteiger partial charge in [0.1, 0.15) is 5.52 Å². The van der Waals surface area contributed by atoms with Crippen LogP contribution in [-0.2, 0) is 4.79 Å². The highest BCUT2D eigenvalue weighted by molar-refractivity contribution is 5.85. The average molecular weight is 380 g/mol. The molecule has 2 N–H and O–H groups in total. The van der Waals surface area contributed by atoms with Crippen LogP contribution in [0.4, 0.5) is 17.6 Å². The first kappa shape index (κ1) is 17.0. The molecule has 0 atom stereocenters. The maximum absolute atomic E-state index is 12.6. The van der Waals surface area contributed by atoms with Gasteiger partial charge < -0.3 is 15.1 Å². The Kier molecular flexibility index (Phi) is 3.78. The number of aromatic nitrogens is 5. The van der Waals surface area contributed by atoms with E-state index in [0.29, 0.717) is 30.8 Å². The third-order valence-corrected chi connectivity index (χ3v) is 5.70. The van der Waals surface area contributed by atoms with Crippen molar-refractivity contribution in [2.75, 3.05) is 36.4 Å². The minimum atomic E-state index is -0.110. The zero-order chi connectivity index (χ0) is 19.3. The van der Waals surface area contributed by atoms with Crippen molar-refractivity contribution in [1.29, 1.82) is 0 Å². The minimum Gasteiger partial charge on any atom is -0.339 e. The van der Waals surface area contributed by atoms with E-state index in [1.165, 1.54) is 0 Å². The summed E-state index contributed by atoms with van der Waals surface area (Å²) in [5.74, 6) is 2.39. The van der Waals surface area contributed by atoms with Gasteiger partial charge in [-0.25, -0.2) is 4.52 Å². The molecule has 146 valence electrons. The van der Waals surface area contributed by atoms with Gasteiger partial charge in [0.2, 0.25) is 11.9 Å². The van der Waals surface area contributed by atoms with Gasteiger partial charge >= 0.3 is 0 Å². The number of anilines is 3. The lowest BCUT2D eigenvalue weighted by Gasteiger charge is -2.36. The van der Waals surface area contributed by atoms with E-state index < -0.39 is 0 Å². The molecule has 4 heterocycles. The Morgan fingerprint density at radius 1 is 1.25 bits per heavy atom. The van der Waals surface area contributed by atoms with E-state index >= 15 is 0 Å². The zero-order valence-corrected chi connectivity index (χ0v) is 16.1. The lowest BCUT2D eigenvalue weighted by Crippen LogP contribution is -2.51. The van der Waals surface area contributed by atoms with Crippen LogP contribution in [0.2, 0.25) is 0 Å². The highest BCUT2D eigenvalue weighted by Crippen LogP contribution is 2.46. The van der Waals surface area contributed by atoms with Crippen molar-refractivity contribution >= 4 is 29.0 Å². The number of rotatable bonds is 4. The van der Waals surface area contributed by atoms with Gasteiger partial charge in [0.05, 0.1) is 0 Å². The molecule has 1 saturated carbocycles.